The molecule has 0 heterocycles. The van der Waals surface area contributed by atoms with Crippen LogP contribution in [0, 0.1) is 15.9 Å². The second-order valence-electron chi connectivity index (χ2n) is 5.12. The van der Waals surface area contributed by atoms with Crippen molar-refractivity contribution in [3.8, 4) is 5.75 Å². The third-order valence-corrected chi connectivity index (χ3v) is 3.35. The number of nitrogens with zero attached hydrogens (tertiary/aromatic N) is 1. The molecule has 1 saturated carbocycles. The minimum absolute atomic E-state index is 0.138. The van der Waals surface area contributed by atoms with Gasteiger partial charge in [-0.25, -0.2) is 9.18 Å². The van der Waals surface area contributed by atoms with Crippen LogP contribution in [0.2, 0.25) is 0 Å². The number of halogens is 4. The van der Waals surface area contributed by atoms with E-state index in [0.29, 0.717) is 12.8 Å². The topological polar surface area (TPSA) is 90.7 Å². The number of carbonyl (C=O) groups is 1. The van der Waals surface area contributed by atoms with Gasteiger partial charge in [0.2, 0.25) is 0 Å². The second-order valence-corrected chi connectivity index (χ2v) is 5.12. The van der Waals surface area contributed by atoms with E-state index in [0.717, 1.165) is 18.2 Å². The van der Waals surface area contributed by atoms with Crippen molar-refractivity contribution in [1.29, 1.82) is 0 Å². The van der Waals surface area contributed by atoms with Gasteiger partial charge in [-0.15, -0.1) is 5.48 Å². The first-order valence-electron chi connectivity index (χ1n) is 6.81. The summed E-state index contributed by atoms with van der Waals surface area (Å²) in [5.74, 6) is -3.35. The molecule has 2 rings (SSSR count). The number of nitro benzene ring substituents is 1. The maximum absolute atomic E-state index is 13.2. The van der Waals surface area contributed by atoms with Crippen LogP contribution in [-0.4, -0.2) is 29.2 Å². The number of hydrogen-bond acceptors (Lipinski definition) is 6. The van der Waals surface area contributed by atoms with E-state index in [-0.39, 0.29) is 12.2 Å². The van der Waals surface area contributed by atoms with Crippen molar-refractivity contribution >= 4 is 11.7 Å². The zero-order chi connectivity index (χ0) is 17.9. The highest BCUT2D eigenvalue weighted by Crippen LogP contribution is 2.32. The Morgan fingerprint density at radius 2 is 2.04 bits per heavy atom. The van der Waals surface area contributed by atoms with E-state index < -0.39 is 40.7 Å². The van der Waals surface area contributed by atoms with E-state index >= 15 is 0 Å². The van der Waals surface area contributed by atoms with Gasteiger partial charge in [0, 0.05) is 24.6 Å². The number of alkyl halides is 3. The molecule has 1 fully saturated rings. The zero-order valence-corrected chi connectivity index (χ0v) is 12.0. The fraction of sp³-hybridized carbons (Fsp3) is 0.462. The number of rotatable bonds is 5. The van der Waals surface area contributed by atoms with Crippen LogP contribution >= 0.6 is 0 Å². The van der Waals surface area contributed by atoms with Crippen molar-refractivity contribution in [3.05, 3.63) is 34.1 Å². The van der Waals surface area contributed by atoms with Crippen molar-refractivity contribution in [1.82, 2.24) is 5.48 Å². The number of hydroxylamine groups is 1. The molecule has 1 N–H and O–H groups in total. The van der Waals surface area contributed by atoms with Crippen LogP contribution in [0.15, 0.2) is 18.2 Å². The molecule has 132 valence electrons. The van der Waals surface area contributed by atoms with Crippen molar-refractivity contribution in [2.45, 2.75) is 37.6 Å². The first-order chi connectivity index (χ1) is 11.2. The number of ether oxygens (including phenoxy) is 1. The van der Waals surface area contributed by atoms with E-state index in [4.69, 9.17) is 4.74 Å². The van der Waals surface area contributed by atoms with Gasteiger partial charge in [0.1, 0.15) is 11.9 Å². The van der Waals surface area contributed by atoms with Gasteiger partial charge in [-0.2, -0.15) is 13.2 Å². The second kappa shape index (κ2) is 6.99. The summed E-state index contributed by atoms with van der Waals surface area (Å²) in [5.41, 5.74) is 1.57. The lowest BCUT2D eigenvalue weighted by Gasteiger charge is -2.15. The highest BCUT2D eigenvalue weighted by molar-refractivity contribution is 5.75. The molecule has 2 atom stereocenters. The average molecular weight is 352 g/mol. The zero-order valence-electron chi connectivity index (χ0n) is 12.0. The Morgan fingerprint density at radius 3 is 2.67 bits per heavy atom. The van der Waals surface area contributed by atoms with Gasteiger partial charge in [-0.3, -0.25) is 10.1 Å². The third-order valence-electron chi connectivity index (χ3n) is 3.35. The Labute approximate surface area is 132 Å². The molecule has 0 unspecified atom stereocenters. The Bertz CT molecular complexity index is 637. The molecule has 0 amide bonds. The predicted octanol–water partition coefficient (Wildman–Crippen LogP) is 2.64. The molecule has 1 aromatic rings. The third kappa shape index (κ3) is 4.54. The normalized spacial score (nSPS) is 20.7. The molecule has 1 aliphatic rings. The molecular weight excluding hydrogens is 340 g/mol. The number of nitro groups is 1. The van der Waals surface area contributed by atoms with Crippen LogP contribution in [-0.2, 0) is 9.63 Å². The molecule has 11 heteroatoms. The summed E-state index contributed by atoms with van der Waals surface area (Å²) < 4.78 is 54.6. The first-order valence-corrected chi connectivity index (χ1v) is 6.81. The molecule has 0 saturated heterocycles. The summed E-state index contributed by atoms with van der Waals surface area (Å²) in [7, 11) is 0. The minimum atomic E-state index is -5.11. The molecule has 7 nitrogen and oxygen atoms in total. The smallest absolute Gasteiger partial charge is 0.483 e. The highest BCUT2D eigenvalue weighted by Gasteiger charge is 2.42. The van der Waals surface area contributed by atoms with Crippen LogP contribution in [0.3, 0.4) is 0 Å². The van der Waals surface area contributed by atoms with Gasteiger partial charge >= 0.3 is 17.8 Å². The Balaban J connectivity index is 1.92. The van der Waals surface area contributed by atoms with Crippen LogP contribution in [0.4, 0.5) is 23.2 Å². The first kappa shape index (κ1) is 17.9. The summed E-state index contributed by atoms with van der Waals surface area (Å²) >= 11 is 0. The molecule has 0 spiro atoms. The maximum atomic E-state index is 13.2. The largest absolute Gasteiger partial charge is 0.492 e. The van der Waals surface area contributed by atoms with Gasteiger partial charge in [0.15, 0.2) is 5.75 Å². The Hall–Kier alpha value is -2.43. The number of carbonyl (C=O) groups excluding carboxylic acids is 1. The highest BCUT2D eigenvalue weighted by atomic mass is 19.4. The molecule has 1 aliphatic carbocycles. The van der Waals surface area contributed by atoms with Crippen molar-refractivity contribution in [2.75, 3.05) is 0 Å². The molecule has 24 heavy (non-hydrogen) atoms. The standard InChI is InChI=1S/C13H12F4N2O5/c14-7-1-4-10(19(21)22)11(5-7)23-9-3-2-8(6-9)18-24-12(20)13(15,16)17/h1,4-5,8-9,18H,2-3,6H2/t8-,9-/m0/s1. The van der Waals surface area contributed by atoms with Crippen LogP contribution in [0.25, 0.3) is 0 Å². The van der Waals surface area contributed by atoms with E-state index in [1.54, 1.807) is 0 Å². The molecule has 1 aromatic carbocycles. The summed E-state index contributed by atoms with van der Waals surface area (Å²) in [6.45, 7) is 0. The predicted molar refractivity (Wildman–Crippen MR) is 70.4 cm³/mol. The molecule has 0 radical (unpaired) electrons. The van der Waals surface area contributed by atoms with Gasteiger partial charge in [0.05, 0.1) is 4.92 Å². The van der Waals surface area contributed by atoms with Gasteiger partial charge in [-0.05, 0) is 18.9 Å². The summed E-state index contributed by atoms with van der Waals surface area (Å²) in [4.78, 5) is 24.7. The lowest BCUT2D eigenvalue weighted by molar-refractivity contribution is -0.386. The summed E-state index contributed by atoms with van der Waals surface area (Å²) in [6, 6.07) is 2.14. The Morgan fingerprint density at radius 1 is 1.33 bits per heavy atom. The molecule has 0 bridgehead atoms. The van der Waals surface area contributed by atoms with Crippen LogP contribution in [0.1, 0.15) is 19.3 Å². The number of benzene rings is 1. The molecule has 0 aliphatic heterocycles. The lowest BCUT2D eigenvalue weighted by atomic mass is 10.2. The minimum Gasteiger partial charge on any atom is -0.483 e. The van der Waals surface area contributed by atoms with E-state index in [1.807, 2.05) is 5.48 Å². The number of hydrogen-bond donors (Lipinski definition) is 1. The van der Waals surface area contributed by atoms with E-state index in [2.05, 4.69) is 4.84 Å². The molecule has 0 aromatic heterocycles. The maximum Gasteiger partial charge on any atom is 0.492 e. The summed E-state index contributed by atoms with van der Waals surface area (Å²) in [5, 5.41) is 10.9. The van der Waals surface area contributed by atoms with Crippen LogP contribution in [0.5, 0.6) is 5.75 Å². The van der Waals surface area contributed by atoms with Gasteiger partial charge < -0.3 is 9.57 Å². The monoisotopic (exact) mass is 352 g/mol. The molecular formula is C13H12F4N2O5. The van der Waals surface area contributed by atoms with Crippen molar-refractivity contribution < 1.29 is 36.9 Å². The van der Waals surface area contributed by atoms with E-state index in [1.165, 1.54) is 0 Å². The van der Waals surface area contributed by atoms with Crippen LogP contribution < -0.4 is 10.2 Å². The van der Waals surface area contributed by atoms with E-state index in [9.17, 15) is 32.5 Å². The summed E-state index contributed by atoms with van der Waals surface area (Å²) in [6.07, 6.45) is -4.90. The van der Waals surface area contributed by atoms with Crippen molar-refractivity contribution in [2.24, 2.45) is 0 Å². The number of nitrogens with one attached hydrogen (secondary N) is 1. The lowest BCUT2D eigenvalue weighted by Crippen LogP contribution is -2.36. The Kier molecular flexibility index (Phi) is 5.22. The van der Waals surface area contributed by atoms with Crippen molar-refractivity contribution in [3.63, 3.8) is 0 Å². The fourth-order valence-corrected chi connectivity index (χ4v) is 2.26. The quantitative estimate of drug-likeness (QED) is 0.498. The SMILES string of the molecule is O=C(ON[C@H]1CC[C@H](Oc2cc(F)ccc2[N+](=O)[O-])C1)C(F)(F)F. The van der Waals surface area contributed by atoms with Gasteiger partial charge in [0.25, 0.3) is 0 Å². The van der Waals surface area contributed by atoms with Gasteiger partial charge in [-0.1, -0.05) is 0 Å². The average Bonchev–Trinajstić information content (AvgIpc) is 2.91. The fourth-order valence-electron chi connectivity index (χ4n) is 2.26.